The molecule has 0 aliphatic rings. The molecule has 4 heteroatoms. The van der Waals surface area contributed by atoms with E-state index in [-0.39, 0.29) is 6.04 Å². The highest BCUT2D eigenvalue weighted by Gasteiger charge is 2.17. The SMILES string of the molecule is CCCCc1noc([C@@H](N)C(C)C)n1. The van der Waals surface area contributed by atoms with Crippen LogP contribution in [0, 0.1) is 5.92 Å². The Morgan fingerprint density at radius 2 is 2.14 bits per heavy atom. The van der Waals surface area contributed by atoms with Gasteiger partial charge in [0.15, 0.2) is 5.82 Å². The van der Waals surface area contributed by atoms with Crippen molar-refractivity contribution in [3.8, 4) is 0 Å². The molecular formula is C10H19N3O. The van der Waals surface area contributed by atoms with Gasteiger partial charge in [0.25, 0.3) is 0 Å². The maximum Gasteiger partial charge on any atom is 0.243 e. The predicted molar refractivity (Wildman–Crippen MR) is 54.7 cm³/mol. The zero-order chi connectivity index (χ0) is 10.6. The lowest BCUT2D eigenvalue weighted by atomic mass is 10.1. The minimum Gasteiger partial charge on any atom is -0.338 e. The molecule has 0 spiro atoms. The molecule has 0 aliphatic carbocycles. The number of hydrogen-bond acceptors (Lipinski definition) is 4. The highest BCUT2D eigenvalue weighted by Crippen LogP contribution is 2.16. The molecule has 0 radical (unpaired) electrons. The Balaban J connectivity index is 2.58. The third-order valence-corrected chi connectivity index (χ3v) is 2.24. The third-order valence-electron chi connectivity index (χ3n) is 2.24. The first-order chi connectivity index (χ1) is 6.65. The van der Waals surface area contributed by atoms with E-state index in [1.54, 1.807) is 0 Å². The van der Waals surface area contributed by atoms with Crippen LogP contribution in [0.5, 0.6) is 0 Å². The van der Waals surface area contributed by atoms with Gasteiger partial charge >= 0.3 is 0 Å². The van der Waals surface area contributed by atoms with Crippen LogP contribution in [0.3, 0.4) is 0 Å². The van der Waals surface area contributed by atoms with E-state index in [1.165, 1.54) is 0 Å². The molecule has 0 amide bonds. The Kier molecular flexibility index (Phi) is 4.07. The average molecular weight is 197 g/mol. The quantitative estimate of drug-likeness (QED) is 0.784. The van der Waals surface area contributed by atoms with Crippen LogP contribution in [0.2, 0.25) is 0 Å². The van der Waals surface area contributed by atoms with Crippen molar-refractivity contribution in [3.05, 3.63) is 11.7 Å². The summed E-state index contributed by atoms with van der Waals surface area (Å²) in [6.07, 6.45) is 3.11. The first-order valence-corrected chi connectivity index (χ1v) is 5.23. The van der Waals surface area contributed by atoms with Gasteiger partial charge in [0.2, 0.25) is 5.89 Å². The summed E-state index contributed by atoms with van der Waals surface area (Å²) in [5, 5.41) is 3.89. The summed E-state index contributed by atoms with van der Waals surface area (Å²) in [6.45, 7) is 6.22. The van der Waals surface area contributed by atoms with Crippen molar-refractivity contribution in [2.24, 2.45) is 11.7 Å². The zero-order valence-corrected chi connectivity index (χ0v) is 9.16. The standard InChI is InChI=1S/C10H19N3O/c1-4-5-6-8-12-10(14-13-8)9(11)7(2)3/h7,9H,4-6,11H2,1-3H3/t9-/m0/s1. The van der Waals surface area contributed by atoms with E-state index in [2.05, 4.69) is 17.1 Å². The number of aromatic nitrogens is 2. The number of aryl methyl sites for hydroxylation is 1. The van der Waals surface area contributed by atoms with Gasteiger partial charge < -0.3 is 10.3 Å². The van der Waals surface area contributed by atoms with Crippen LogP contribution < -0.4 is 5.73 Å². The minimum absolute atomic E-state index is 0.141. The summed E-state index contributed by atoms with van der Waals surface area (Å²) in [6, 6.07) is -0.141. The van der Waals surface area contributed by atoms with Crippen LogP contribution >= 0.6 is 0 Å². The summed E-state index contributed by atoms with van der Waals surface area (Å²) in [7, 11) is 0. The van der Waals surface area contributed by atoms with Gasteiger partial charge in [-0.05, 0) is 12.3 Å². The van der Waals surface area contributed by atoms with Crippen LogP contribution in [-0.2, 0) is 6.42 Å². The van der Waals surface area contributed by atoms with E-state index in [1.807, 2.05) is 13.8 Å². The molecule has 0 aromatic carbocycles. The number of nitrogens with two attached hydrogens (primary N) is 1. The second-order valence-electron chi connectivity index (χ2n) is 3.92. The average Bonchev–Trinajstić information content (AvgIpc) is 2.61. The molecule has 0 saturated carbocycles. The molecule has 1 aromatic heterocycles. The van der Waals surface area contributed by atoms with Crippen molar-refractivity contribution >= 4 is 0 Å². The van der Waals surface area contributed by atoms with Crippen LogP contribution in [0.4, 0.5) is 0 Å². The molecule has 14 heavy (non-hydrogen) atoms. The second kappa shape index (κ2) is 5.10. The lowest BCUT2D eigenvalue weighted by molar-refractivity contribution is 0.322. The predicted octanol–water partition coefficient (Wildman–Crippen LogP) is 2.07. The molecule has 0 unspecified atom stereocenters. The van der Waals surface area contributed by atoms with E-state index in [0.717, 1.165) is 25.1 Å². The first kappa shape index (κ1) is 11.2. The molecule has 4 nitrogen and oxygen atoms in total. The van der Waals surface area contributed by atoms with Gasteiger partial charge in [-0.2, -0.15) is 4.98 Å². The van der Waals surface area contributed by atoms with Crippen molar-refractivity contribution in [2.45, 2.75) is 46.1 Å². The van der Waals surface area contributed by atoms with Crippen molar-refractivity contribution in [3.63, 3.8) is 0 Å². The third kappa shape index (κ3) is 2.80. The number of unbranched alkanes of at least 4 members (excludes halogenated alkanes) is 1. The van der Waals surface area contributed by atoms with Crippen molar-refractivity contribution < 1.29 is 4.52 Å². The Morgan fingerprint density at radius 3 is 2.71 bits per heavy atom. The smallest absolute Gasteiger partial charge is 0.243 e. The fraction of sp³-hybridized carbons (Fsp3) is 0.800. The van der Waals surface area contributed by atoms with E-state index >= 15 is 0 Å². The highest BCUT2D eigenvalue weighted by atomic mass is 16.5. The fourth-order valence-corrected chi connectivity index (χ4v) is 1.12. The van der Waals surface area contributed by atoms with Crippen molar-refractivity contribution in [2.75, 3.05) is 0 Å². The molecule has 1 atom stereocenters. The summed E-state index contributed by atoms with van der Waals surface area (Å²) in [4.78, 5) is 4.27. The van der Waals surface area contributed by atoms with Crippen molar-refractivity contribution in [1.82, 2.24) is 10.1 Å². The van der Waals surface area contributed by atoms with E-state index in [9.17, 15) is 0 Å². The van der Waals surface area contributed by atoms with E-state index < -0.39 is 0 Å². The molecular weight excluding hydrogens is 178 g/mol. The maximum atomic E-state index is 5.88. The van der Waals surface area contributed by atoms with E-state index in [0.29, 0.717) is 11.8 Å². The normalized spacial score (nSPS) is 13.5. The van der Waals surface area contributed by atoms with Crippen LogP contribution in [0.1, 0.15) is 51.4 Å². The monoisotopic (exact) mass is 197 g/mol. The molecule has 1 aromatic rings. The molecule has 0 fully saturated rings. The van der Waals surface area contributed by atoms with Crippen molar-refractivity contribution in [1.29, 1.82) is 0 Å². The topological polar surface area (TPSA) is 64.9 Å². The van der Waals surface area contributed by atoms with Crippen LogP contribution in [-0.4, -0.2) is 10.1 Å². The Bertz CT molecular complexity index is 270. The molecule has 1 heterocycles. The molecule has 0 bridgehead atoms. The number of hydrogen-bond donors (Lipinski definition) is 1. The van der Waals surface area contributed by atoms with Gasteiger partial charge in [0.1, 0.15) is 0 Å². The van der Waals surface area contributed by atoms with Gasteiger partial charge in [-0.3, -0.25) is 0 Å². The van der Waals surface area contributed by atoms with Crippen LogP contribution in [0.25, 0.3) is 0 Å². The fourth-order valence-electron chi connectivity index (χ4n) is 1.12. The molecule has 2 N–H and O–H groups in total. The minimum atomic E-state index is -0.141. The summed E-state index contributed by atoms with van der Waals surface area (Å²) < 4.78 is 5.10. The lowest BCUT2D eigenvalue weighted by Gasteiger charge is -2.09. The number of rotatable bonds is 5. The Morgan fingerprint density at radius 1 is 1.43 bits per heavy atom. The van der Waals surface area contributed by atoms with Gasteiger partial charge in [0, 0.05) is 6.42 Å². The summed E-state index contributed by atoms with van der Waals surface area (Å²) in [5.74, 6) is 1.67. The number of nitrogens with zero attached hydrogens (tertiary/aromatic N) is 2. The van der Waals surface area contributed by atoms with Gasteiger partial charge in [0.05, 0.1) is 6.04 Å². The Hall–Kier alpha value is -0.900. The van der Waals surface area contributed by atoms with Crippen LogP contribution in [0.15, 0.2) is 4.52 Å². The maximum absolute atomic E-state index is 5.88. The lowest BCUT2D eigenvalue weighted by Crippen LogP contribution is -2.17. The summed E-state index contributed by atoms with van der Waals surface area (Å²) >= 11 is 0. The molecule has 0 aliphatic heterocycles. The molecule has 1 rings (SSSR count). The highest BCUT2D eigenvalue weighted by molar-refractivity contribution is 4.92. The van der Waals surface area contributed by atoms with Gasteiger partial charge in [-0.15, -0.1) is 0 Å². The van der Waals surface area contributed by atoms with E-state index in [4.69, 9.17) is 10.3 Å². The Labute approximate surface area is 84.9 Å². The summed E-state index contributed by atoms with van der Waals surface area (Å²) in [5.41, 5.74) is 5.88. The largest absolute Gasteiger partial charge is 0.338 e. The molecule has 0 saturated heterocycles. The van der Waals surface area contributed by atoms with Gasteiger partial charge in [-0.25, -0.2) is 0 Å². The van der Waals surface area contributed by atoms with Gasteiger partial charge in [-0.1, -0.05) is 32.3 Å². The second-order valence-corrected chi connectivity index (χ2v) is 3.92. The molecule has 80 valence electrons. The first-order valence-electron chi connectivity index (χ1n) is 5.23. The zero-order valence-electron chi connectivity index (χ0n) is 9.16.